The van der Waals surface area contributed by atoms with E-state index in [-0.39, 0.29) is 36.8 Å². The van der Waals surface area contributed by atoms with Crippen LogP contribution >= 0.6 is 0 Å². The molecule has 3 rings (SSSR count). The number of fused-ring (bicyclic) bond motifs is 1. The van der Waals surface area contributed by atoms with Gasteiger partial charge in [-0.25, -0.2) is 0 Å². The number of carbonyl (C=O) groups is 2. The fraction of sp³-hybridized carbons (Fsp3) is 0.444. The number of allylic oxidation sites excluding steroid dienone is 2. The van der Waals surface area contributed by atoms with Crippen LogP contribution in [0.1, 0.15) is 12.8 Å². The van der Waals surface area contributed by atoms with Crippen molar-refractivity contribution in [1.29, 1.82) is 0 Å². The third-order valence-electron chi connectivity index (χ3n) is 4.49. The summed E-state index contributed by atoms with van der Waals surface area (Å²) in [5.41, 5.74) is 0. The number of aliphatic hydroxyl groups is 1. The van der Waals surface area contributed by atoms with Crippen LogP contribution in [0.4, 0.5) is 0 Å². The average molecular weight is 331 g/mol. The van der Waals surface area contributed by atoms with Crippen molar-refractivity contribution in [2.24, 2.45) is 11.8 Å². The van der Waals surface area contributed by atoms with Crippen LogP contribution in [0.25, 0.3) is 0 Å². The van der Waals surface area contributed by atoms with Gasteiger partial charge in [-0.2, -0.15) is 0 Å². The van der Waals surface area contributed by atoms with Crippen LogP contribution in [-0.2, 0) is 9.59 Å². The molecule has 6 heteroatoms. The van der Waals surface area contributed by atoms with Crippen LogP contribution < -0.4 is 9.47 Å². The van der Waals surface area contributed by atoms with Crippen LogP contribution in [0.3, 0.4) is 0 Å². The molecule has 1 heterocycles. The highest BCUT2D eigenvalue weighted by molar-refractivity contribution is 6.05. The number of ether oxygens (including phenoxy) is 2. The number of methoxy groups -OCH3 is 1. The predicted octanol–water partition coefficient (Wildman–Crippen LogP) is 1.39. The Bertz CT molecular complexity index is 613. The molecule has 0 saturated carbocycles. The second-order valence-corrected chi connectivity index (χ2v) is 6.08. The van der Waals surface area contributed by atoms with Gasteiger partial charge in [0.1, 0.15) is 24.2 Å². The molecular formula is C18H21NO5. The van der Waals surface area contributed by atoms with E-state index in [1.807, 2.05) is 12.2 Å². The largest absolute Gasteiger partial charge is 0.497 e. The van der Waals surface area contributed by atoms with E-state index in [1.165, 1.54) is 4.90 Å². The van der Waals surface area contributed by atoms with Crippen molar-refractivity contribution in [3.63, 3.8) is 0 Å². The lowest BCUT2D eigenvalue weighted by Gasteiger charge is -2.19. The number of amides is 2. The monoisotopic (exact) mass is 331 g/mol. The van der Waals surface area contributed by atoms with E-state index in [9.17, 15) is 14.7 Å². The SMILES string of the molecule is COc1ccc(OCC(O)CN2C(=O)C3CC=CCC3C2=O)cc1. The fourth-order valence-electron chi connectivity index (χ4n) is 3.18. The summed E-state index contributed by atoms with van der Waals surface area (Å²) in [7, 11) is 1.58. The third kappa shape index (κ3) is 3.28. The van der Waals surface area contributed by atoms with E-state index in [2.05, 4.69) is 0 Å². The second kappa shape index (κ2) is 7.05. The number of rotatable bonds is 6. The molecule has 3 unspecified atom stereocenters. The molecule has 0 aromatic heterocycles. The molecule has 1 aliphatic carbocycles. The van der Waals surface area contributed by atoms with Gasteiger partial charge < -0.3 is 14.6 Å². The van der Waals surface area contributed by atoms with Gasteiger partial charge in [0.2, 0.25) is 11.8 Å². The molecule has 1 saturated heterocycles. The van der Waals surface area contributed by atoms with Gasteiger partial charge in [-0.3, -0.25) is 14.5 Å². The van der Waals surface area contributed by atoms with Crippen molar-refractivity contribution in [2.75, 3.05) is 20.3 Å². The lowest BCUT2D eigenvalue weighted by Crippen LogP contribution is -2.40. The van der Waals surface area contributed by atoms with E-state index in [0.717, 1.165) is 0 Å². The smallest absolute Gasteiger partial charge is 0.233 e. The van der Waals surface area contributed by atoms with E-state index in [4.69, 9.17) is 9.47 Å². The minimum absolute atomic E-state index is 0.0109. The molecule has 1 fully saturated rings. The van der Waals surface area contributed by atoms with Gasteiger partial charge in [0.25, 0.3) is 0 Å². The van der Waals surface area contributed by atoms with Crippen LogP contribution in [0.5, 0.6) is 11.5 Å². The molecular weight excluding hydrogens is 310 g/mol. The Morgan fingerprint density at radius 1 is 1.08 bits per heavy atom. The van der Waals surface area contributed by atoms with Gasteiger partial charge in [0.15, 0.2) is 0 Å². The zero-order valence-electron chi connectivity index (χ0n) is 13.6. The molecule has 1 aromatic carbocycles. The summed E-state index contributed by atoms with van der Waals surface area (Å²) < 4.78 is 10.6. The number of likely N-dealkylation sites (tertiary alicyclic amines) is 1. The number of hydrogen-bond donors (Lipinski definition) is 1. The molecule has 24 heavy (non-hydrogen) atoms. The topological polar surface area (TPSA) is 76.1 Å². The molecule has 1 N–H and O–H groups in total. The number of imide groups is 1. The molecule has 2 amide bonds. The summed E-state index contributed by atoms with van der Waals surface area (Å²) in [6.45, 7) is -0.0161. The molecule has 0 spiro atoms. The first kappa shape index (κ1) is 16.5. The van der Waals surface area contributed by atoms with E-state index in [1.54, 1.807) is 31.4 Å². The Morgan fingerprint density at radius 2 is 1.62 bits per heavy atom. The first-order valence-corrected chi connectivity index (χ1v) is 8.05. The molecule has 6 nitrogen and oxygen atoms in total. The Hall–Kier alpha value is -2.34. The highest BCUT2D eigenvalue weighted by Crippen LogP contribution is 2.35. The summed E-state index contributed by atoms with van der Waals surface area (Å²) in [5, 5.41) is 10.1. The van der Waals surface area contributed by atoms with Gasteiger partial charge in [-0.15, -0.1) is 0 Å². The Morgan fingerprint density at radius 3 is 2.17 bits per heavy atom. The first-order chi connectivity index (χ1) is 11.6. The standard InChI is InChI=1S/C18H21NO5/c1-23-13-6-8-14(9-7-13)24-11-12(20)10-19-17(21)15-4-2-3-5-16(15)18(19)22/h2-3,6-9,12,15-16,20H,4-5,10-11H2,1H3. The summed E-state index contributed by atoms with van der Waals surface area (Å²) in [5.74, 6) is 0.407. The number of aliphatic hydroxyl groups excluding tert-OH is 1. The number of benzene rings is 1. The molecule has 0 bridgehead atoms. The normalized spacial score (nSPS) is 24.0. The molecule has 0 radical (unpaired) electrons. The summed E-state index contributed by atoms with van der Waals surface area (Å²) in [4.78, 5) is 25.9. The predicted molar refractivity (Wildman–Crippen MR) is 86.6 cm³/mol. The number of carbonyl (C=O) groups excluding carboxylic acids is 2. The van der Waals surface area contributed by atoms with Crippen LogP contribution in [0.2, 0.25) is 0 Å². The minimum Gasteiger partial charge on any atom is -0.497 e. The fourth-order valence-corrected chi connectivity index (χ4v) is 3.18. The zero-order chi connectivity index (χ0) is 17.1. The highest BCUT2D eigenvalue weighted by atomic mass is 16.5. The van der Waals surface area contributed by atoms with Crippen LogP contribution in [-0.4, -0.2) is 48.2 Å². The zero-order valence-corrected chi connectivity index (χ0v) is 13.6. The first-order valence-electron chi connectivity index (χ1n) is 8.05. The van der Waals surface area contributed by atoms with Crippen molar-refractivity contribution >= 4 is 11.8 Å². The molecule has 1 aliphatic heterocycles. The third-order valence-corrected chi connectivity index (χ3v) is 4.49. The van der Waals surface area contributed by atoms with E-state index >= 15 is 0 Å². The lowest BCUT2D eigenvalue weighted by atomic mass is 9.85. The Balaban J connectivity index is 1.53. The second-order valence-electron chi connectivity index (χ2n) is 6.08. The maximum Gasteiger partial charge on any atom is 0.233 e. The quantitative estimate of drug-likeness (QED) is 0.630. The molecule has 2 aliphatic rings. The van der Waals surface area contributed by atoms with Gasteiger partial charge in [-0.1, -0.05) is 12.2 Å². The van der Waals surface area contributed by atoms with Gasteiger partial charge in [0.05, 0.1) is 25.5 Å². The van der Waals surface area contributed by atoms with Crippen LogP contribution in [0, 0.1) is 11.8 Å². The summed E-state index contributed by atoms with van der Waals surface area (Å²) in [6, 6.07) is 6.98. The maximum absolute atomic E-state index is 12.3. The maximum atomic E-state index is 12.3. The molecule has 128 valence electrons. The van der Waals surface area contributed by atoms with Crippen molar-refractivity contribution in [1.82, 2.24) is 4.90 Å². The van der Waals surface area contributed by atoms with Crippen molar-refractivity contribution in [3.8, 4) is 11.5 Å². The van der Waals surface area contributed by atoms with E-state index < -0.39 is 6.10 Å². The van der Waals surface area contributed by atoms with Crippen LogP contribution in [0.15, 0.2) is 36.4 Å². The van der Waals surface area contributed by atoms with Gasteiger partial charge in [0, 0.05) is 0 Å². The number of nitrogens with zero attached hydrogens (tertiary/aromatic N) is 1. The van der Waals surface area contributed by atoms with Gasteiger partial charge in [-0.05, 0) is 37.1 Å². The van der Waals surface area contributed by atoms with Crippen molar-refractivity contribution in [2.45, 2.75) is 18.9 Å². The minimum atomic E-state index is -0.923. The molecule has 3 atom stereocenters. The number of β-amino-alcohol motifs (C(OH)–C–C–N with tert-alkyl or cyclic N) is 1. The Kier molecular flexibility index (Phi) is 4.85. The highest BCUT2D eigenvalue weighted by Gasteiger charge is 2.47. The van der Waals surface area contributed by atoms with Crippen molar-refractivity contribution in [3.05, 3.63) is 36.4 Å². The van der Waals surface area contributed by atoms with Gasteiger partial charge >= 0.3 is 0 Å². The molecule has 1 aromatic rings. The van der Waals surface area contributed by atoms with E-state index in [0.29, 0.717) is 24.3 Å². The Labute approximate surface area is 140 Å². The average Bonchev–Trinajstić information content (AvgIpc) is 2.86. The number of hydrogen-bond acceptors (Lipinski definition) is 5. The summed E-state index contributed by atoms with van der Waals surface area (Å²) in [6.07, 6.45) is 4.17. The lowest BCUT2D eigenvalue weighted by molar-refractivity contribution is -0.141. The summed E-state index contributed by atoms with van der Waals surface area (Å²) >= 11 is 0. The van der Waals surface area contributed by atoms with Crippen molar-refractivity contribution < 1.29 is 24.2 Å².